The molecule has 20 heavy (non-hydrogen) atoms. The van der Waals surface area contributed by atoms with Gasteiger partial charge >= 0.3 is 0 Å². The first-order valence-electron chi connectivity index (χ1n) is 6.05. The van der Waals surface area contributed by atoms with E-state index in [4.69, 9.17) is 17.3 Å². The van der Waals surface area contributed by atoms with Gasteiger partial charge in [0.1, 0.15) is 5.82 Å². The Labute approximate surface area is 127 Å². The molecule has 0 aliphatic heterocycles. The topological polar surface area (TPSA) is 67.9 Å². The summed E-state index contributed by atoms with van der Waals surface area (Å²) in [6.45, 7) is 0. The van der Waals surface area contributed by atoms with Crippen molar-refractivity contribution in [3.05, 3.63) is 40.7 Å². The molecular weight excluding hydrogens is 294 g/mol. The van der Waals surface area contributed by atoms with Gasteiger partial charge in [0.25, 0.3) is 0 Å². The molecule has 0 atom stereocenters. The van der Waals surface area contributed by atoms with Gasteiger partial charge in [-0.1, -0.05) is 29.8 Å². The van der Waals surface area contributed by atoms with E-state index in [9.17, 15) is 0 Å². The lowest BCUT2D eigenvalue weighted by Gasteiger charge is -2.11. The first-order valence-corrected chi connectivity index (χ1v) is 7.58. The summed E-state index contributed by atoms with van der Waals surface area (Å²) < 4.78 is 0. The third-order valence-electron chi connectivity index (χ3n) is 2.53. The molecule has 0 aliphatic carbocycles. The molecule has 2 N–H and O–H groups in total. The lowest BCUT2D eigenvalue weighted by atomic mass is 10.2. The van der Waals surface area contributed by atoms with Crippen LogP contribution in [-0.4, -0.2) is 29.0 Å². The van der Waals surface area contributed by atoms with Crippen LogP contribution in [0.25, 0.3) is 0 Å². The van der Waals surface area contributed by atoms with E-state index in [0.717, 1.165) is 16.3 Å². The Morgan fingerprint density at radius 2 is 1.90 bits per heavy atom. The van der Waals surface area contributed by atoms with E-state index >= 15 is 0 Å². The van der Waals surface area contributed by atoms with Crippen LogP contribution in [0.4, 0.5) is 11.9 Å². The Hall–Kier alpha value is -1.53. The fraction of sp³-hybridized carbons (Fsp3) is 0.308. The maximum absolute atomic E-state index is 6.12. The van der Waals surface area contributed by atoms with Crippen molar-refractivity contribution in [2.75, 3.05) is 24.7 Å². The molecular formula is C13H16ClN5S. The quantitative estimate of drug-likeness (QED) is 0.915. The molecule has 0 bridgehead atoms. The van der Waals surface area contributed by atoms with Crippen LogP contribution in [0.5, 0.6) is 0 Å². The van der Waals surface area contributed by atoms with Crippen molar-refractivity contribution in [2.45, 2.75) is 11.5 Å². The third-order valence-corrected chi connectivity index (χ3v) is 3.88. The highest BCUT2D eigenvalue weighted by Gasteiger charge is 2.07. The molecule has 7 heteroatoms. The standard InChI is InChI=1S/C13H16ClN5S/c1-19(2)13-17-11(16-12(15)18-13)8-20-7-9-5-3-4-6-10(9)14/h3-6H,7-8H2,1-2H3,(H2,15,16,17,18). The number of thioether (sulfide) groups is 1. The fourth-order valence-corrected chi connectivity index (χ4v) is 2.72. The lowest BCUT2D eigenvalue weighted by Crippen LogP contribution is -2.15. The van der Waals surface area contributed by atoms with Gasteiger partial charge in [0, 0.05) is 24.9 Å². The molecule has 2 aromatic rings. The normalized spacial score (nSPS) is 10.6. The zero-order valence-electron chi connectivity index (χ0n) is 11.4. The zero-order valence-corrected chi connectivity index (χ0v) is 12.9. The van der Waals surface area contributed by atoms with Crippen molar-refractivity contribution in [3.8, 4) is 0 Å². The summed E-state index contributed by atoms with van der Waals surface area (Å²) in [6.07, 6.45) is 0. The predicted molar refractivity (Wildman–Crippen MR) is 85.0 cm³/mol. The van der Waals surface area contributed by atoms with E-state index in [1.165, 1.54) is 0 Å². The fourth-order valence-electron chi connectivity index (χ4n) is 1.56. The Bertz CT molecular complexity index is 591. The van der Waals surface area contributed by atoms with Gasteiger partial charge in [-0.25, -0.2) is 0 Å². The van der Waals surface area contributed by atoms with E-state index in [1.54, 1.807) is 16.7 Å². The second-order valence-electron chi connectivity index (χ2n) is 4.39. The van der Waals surface area contributed by atoms with Crippen LogP contribution in [-0.2, 0) is 11.5 Å². The molecule has 1 aromatic carbocycles. The Morgan fingerprint density at radius 1 is 1.15 bits per heavy atom. The summed E-state index contributed by atoms with van der Waals surface area (Å²) in [5.74, 6) is 2.97. The van der Waals surface area contributed by atoms with Gasteiger partial charge in [0.15, 0.2) is 0 Å². The monoisotopic (exact) mass is 309 g/mol. The van der Waals surface area contributed by atoms with Gasteiger partial charge in [0.05, 0.1) is 5.75 Å². The van der Waals surface area contributed by atoms with Crippen LogP contribution in [0.2, 0.25) is 5.02 Å². The minimum absolute atomic E-state index is 0.247. The molecule has 2 rings (SSSR count). The maximum atomic E-state index is 6.12. The van der Waals surface area contributed by atoms with Gasteiger partial charge in [-0.3, -0.25) is 0 Å². The average Bonchev–Trinajstić information content (AvgIpc) is 2.40. The predicted octanol–water partition coefficient (Wildman–Crippen LogP) is 2.61. The van der Waals surface area contributed by atoms with Crippen LogP contribution in [0.1, 0.15) is 11.4 Å². The Kier molecular flexibility index (Phi) is 5.03. The second-order valence-corrected chi connectivity index (χ2v) is 5.78. The van der Waals surface area contributed by atoms with E-state index < -0.39 is 0 Å². The molecule has 0 saturated carbocycles. The number of nitrogen functional groups attached to an aromatic ring is 1. The van der Waals surface area contributed by atoms with Gasteiger partial charge < -0.3 is 10.6 Å². The Morgan fingerprint density at radius 3 is 2.60 bits per heavy atom. The van der Waals surface area contributed by atoms with Crippen molar-refractivity contribution in [1.82, 2.24) is 15.0 Å². The lowest BCUT2D eigenvalue weighted by molar-refractivity contribution is 0.919. The summed E-state index contributed by atoms with van der Waals surface area (Å²) >= 11 is 7.81. The molecule has 1 heterocycles. The summed E-state index contributed by atoms with van der Waals surface area (Å²) in [7, 11) is 3.74. The van der Waals surface area contributed by atoms with E-state index in [-0.39, 0.29) is 5.95 Å². The number of hydrogen-bond acceptors (Lipinski definition) is 6. The summed E-state index contributed by atoms with van der Waals surface area (Å²) in [5.41, 5.74) is 6.79. The van der Waals surface area contributed by atoms with Crippen LogP contribution in [0.3, 0.4) is 0 Å². The molecule has 1 aromatic heterocycles. The summed E-state index contributed by atoms with van der Waals surface area (Å²) in [5, 5.41) is 0.782. The van der Waals surface area contributed by atoms with Crippen molar-refractivity contribution < 1.29 is 0 Å². The molecule has 0 amide bonds. The van der Waals surface area contributed by atoms with Crippen molar-refractivity contribution in [2.24, 2.45) is 0 Å². The minimum atomic E-state index is 0.247. The van der Waals surface area contributed by atoms with Crippen LogP contribution >= 0.6 is 23.4 Å². The highest BCUT2D eigenvalue weighted by atomic mass is 35.5. The average molecular weight is 310 g/mol. The molecule has 0 spiro atoms. The number of hydrogen-bond donors (Lipinski definition) is 1. The SMILES string of the molecule is CN(C)c1nc(N)nc(CSCc2ccccc2Cl)n1. The van der Waals surface area contributed by atoms with Crippen molar-refractivity contribution in [1.29, 1.82) is 0 Å². The number of nitrogens with two attached hydrogens (primary N) is 1. The maximum Gasteiger partial charge on any atom is 0.229 e. The highest BCUT2D eigenvalue weighted by molar-refractivity contribution is 7.97. The number of benzene rings is 1. The number of aromatic nitrogens is 3. The van der Waals surface area contributed by atoms with Crippen LogP contribution < -0.4 is 10.6 Å². The molecule has 0 saturated heterocycles. The number of anilines is 2. The molecule has 106 valence electrons. The molecule has 0 unspecified atom stereocenters. The first kappa shape index (κ1) is 14.9. The second kappa shape index (κ2) is 6.76. The zero-order chi connectivity index (χ0) is 14.5. The van der Waals surface area contributed by atoms with E-state index in [1.807, 2.05) is 38.4 Å². The first-order chi connectivity index (χ1) is 9.56. The van der Waals surface area contributed by atoms with Gasteiger partial charge in [-0.2, -0.15) is 15.0 Å². The smallest absolute Gasteiger partial charge is 0.229 e. The molecule has 0 fully saturated rings. The van der Waals surface area contributed by atoms with Crippen molar-refractivity contribution >= 4 is 35.3 Å². The third kappa shape index (κ3) is 3.98. The van der Waals surface area contributed by atoms with Crippen LogP contribution in [0.15, 0.2) is 24.3 Å². The molecule has 0 aliphatic rings. The molecule has 0 radical (unpaired) electrons. The molecule has 5 nitrogen and oxygen atoms in total. The van der Waals surface area contributed by atoms with Crippen LogP contribution in [0, 0.1) is 0 Å². The van der Waals surface area contributed by atoms with E-state index in [2.05, 4.69) is 15.0 Å². The Balaban J connectivity index is 1.99. The number of halogens is 1. The summed E-state index contributed by atoms with van der Waals surface area (Å²) in [6, 6.07) is 7.81. The van der Waals surface area contributed by atoms with Gasteiger partial charge in [0.2, 0.25) is 11.9 Å². The highest BCUT2D eigenvalue weighted by Crippen LogP contribution is 2.22. The van der Waals surface area contributed by atoms with Gasteiger partial charge in [-0.05, 0) is 11.6 Å². The van der Waals surface area contributed by atoms with Crippen molar-refractivity contribution in [3.63, 3.8) is 0 Å². The number of rotatable bonds is 5. The summed E-state index contributed by atoms with van der Waals surface area (Å²) in [4.78, 5) is 14.4. The minimum Gasteiger partial charge on any atom is -0.368 e. The van der Waals surface area contributed by atoms with E-state index in [0.29, 0.717) is 17.5 Å². The largest absolute Gasteiger partial charge is 0.368 e. The van der Waals surface area contributed by atoms with Gasteiger partial charge in [-0.15, -0.1) is 11.8 Å². The number of nitrogens with zero attached hydrogens (tertiary/aromatic N) is 4.